The lowest BCUT2D eigenvalue weighted by atomic mass is 9.98. The predicted molar refractivity (Wildman–Crippen MR) is 102 cm³/mol. The molecule has 3 unspecified atom stereocenters. The number of ether oxygens (including phenoxy) is 1. The number of carbonyl (C=O) groups excluding carboxylic acids is 1. The molecule has 1 aliphatic carbocycles. The first kappa shape index (κ1) is 19.6. The van der Waals surface area contributed by atoms with Crippen LogP contribution in [0.5, 0.6) is 5.75 Å². The van der Waals surface area contributed by atoms with E-state index >= 15 is 0 Å². The number of hydrogen-bond acceptors (Lipinski definition) is 6. The minimum Gasteiger partial charge on any atom is -0.485 e. The molecule has 7 nitrogen and oxygen atoms in total. The highest BCUT2D eigenvalue weighted by Gasteiger charge is 2.42. The van der Waals surface area contributed by atoms with Crippen molar-refractivity contribution < 1.29 is 14.1 Å². The summed E-state index contributed by atoms with van der Waals surface area (Å²) in [4.78, 5) is 18.9. The quantitative estimate of drug-likeness (QED) is 0.839. The molecule has 2 heterocycles. The smallest absolute Gasteiger partial charge is 0.253 e. The van der Waals surface area contributed by atoms with Crippen LogP contribution < -0.4 is 10.5 Å². The maximum atomic E-state index is 12.7. The first-order valence-corrected chi connectivity index (χ1v) is 9.23. The number of aryl methyl sites for hydroxylation is 1. The number of fused-ring (bicyclic) bond motifs is 1. The Kier molecular flexibility index (Phi) is 6.01. The zero-order valence-corrected chi connectivity index (χ0v) is 16.2. The van der Waals surface area contributed by atoms with Crippen LogP contribution >= 0.6 is 12.4 Å². The lowest BCUT2D eigenvalue weighted by molar-refractivity contribution is 0.0779. The summed E-state index contributed by atoms with van der Waals surface area (Å²) < 4.78 is 10.7. The fraction of sp³-hybridized carbons (Fsp3) is 0.526. The number of likely N-dealkylation sites (tertiary alicyclic amines) is 1. The van der Waals surface area contributed by atoms with E-state index in [2.05, 4.69) is 10.1 Å². The number of benzene rings is 1. The summed E-state index contributed by atoms with van der Waals surface area (Å²) in [7, 11) is 0. The highest BCUT2D eigenvalue weighted by molar-refractivity contribution is 5.94. The largest absolute Gasteiger partial charge is 0.485 e. The van der Waals surface area contributed by atoms with E-state index in [0.29, 0.717) is 41.3 Å². The molecule has 146 valence electrons. The van der Waals surface area contributed by atoms with Crippen molar-refractivity contribution in [1.29, 1.82) is 0 Å². The third-order valence-corrected chi connectivity index (χ3v) is 5.48. The average molecular weight is 393 g/mol. The van der Waals surface area contributed by atoms with Gasteiger partial charge in [0, 0.05) is 31.1 Å². The molecule has 27 heavy (non-hydrogen) atoms. The van der Waals surface area contributed by atoms with Gasteiger partial charge in [-0.15, -0.1) is 12.4 Å². The molecule has 1 aliphatic heterocycles. The van der Waals surface area contributed by atoms with Crippen molar-refractivity contribution in [1.82, 2.24) is 15.0 Å². The maximum absolute atomic E-state index is 12.7. The molecule has 0 radical (unpaired) electrons. The van der Waals surface area contributed by atoms with Crippen LogP contribution in [-0.4, -0.2) is 40.1 Å². The summed E-state index contributed by atoms with van der Waals surface area (Å²) in [5, 5.41) is 3.85. The van der Waals surface area contributed by atoms with Gasteiger partial charge in [-0.3, -0.25) is 4.79 Å². The molecule has 1 aromatic carbocycles. The molecule has 0 spiro atoms. The fourth-order valence-corrected chi connectivity index (χ4v) is 3.99. The van der Waals surface area contributed by atoms with Gasteiger partial charge in [-0.1, -0.05) is 12.1 Å². The van der Waals surface area contributed by atoms with Gasteiger partial charge in [-0.2, -0.15) is 4.98 Å². The predicted octanol–water partition coefficient (Wildman–Crippen LogP) is 2.44. The molecular weight excluding hydrogens is 368 g/mol. The van der Waals surface area contributed by atoms with E-state index in [1.807, 2.05) is 11.8 Å². The topological polar surface area (TPSA) is 94.5 Å². The lowest BCUT2D eigenvalue weighted by Gasteiger charge is -2.19. The second-order valence-electron chi connectivity index (χ2n) is 7.15. The van der Waals surface area contributed by atoms with Crippen LogP contribution in [0.3, 0.4) is 0 Å². The Bertz CT molecular complexity index is 780. The van der Waals surface area contributed by atoms with Crippen LogP contribution in [0, 0.1) is 11.8 Å². The number of rotatable bonds is 5. The van der Waals surface area contributed by atoms with Crippen LogP contribution in [0.15, 0.2) is 28.8 Å². The zero-order chi connectivity index (χ0) is 18.1. The Labute approximate surface area is 164 Å². The van der Waals surface area contributed by atoms with Crippen molar-refractivity contribution in [2.75, 3.05) is 13.1 Å². The highest BCUT2D eigenvalue weighted by Crippen LogP contribution is 2.37. The van der Waals surface area contributed by atoms with Crippen molar-refractivity contribution in [3.8, 4) is 5.75 Å². The second kappa shape index (κ2) is 8.27. The summed E-state index contributed by atoms with van der Waals surface area (Å²) in [6.45, 7) is 3.80. The Morgan fingerprint density at radius 1 is 1.30 bits per heavy atom. The van der Waals surface area contributed by atoms with Gasteiger partial charge >= 0.3 is 0 Å². The van der Waals surface area contributed by atoms with Crippen LogP contribution in [0.1, 0.15) is 41.8 Å². The SMILES string of the molecule is CCc1nc(COc2ccc(C(=O)N3CC4CCC(N)C4C3)cc2)no1.Cl. The summed E-state index contributed by atoms with van der Waals surface area (Å²) in [5.74, 6) is 2.89. The Morgan fingerprint density at radius 3 is 2.74 bits per heavy atom. The van der Waals surface area contributed by atoms with Crippen LogP contribution in [0.4, 0.5) is 0 Å². The number of halogens is 1. The third kappa shape index (κ3) is 4.09. The minimum absolute atomic E-state index is 0. The molecule has 4 rings (SSSR count). The number of aromatic nitrogens is 2. The van der Waals surface area contributed by atoms with Crippen molar-refractivity contribution in [3.05, 3.63) is 41.5 Å². The highest BCUT2D eigenvalue weighted by atomic mass is 35.5. The van der Waals surface area contributed by atoms with E-state index in [1.165, 1.54) is 0 Å². The van der Waals surface area contributed by atoms with Gasteiger partial charge in [-0.25, -0.2) is 0 Å². The average Bonchev–Trinajstić information content (AvgIpc) is 3.37. The van der Waals surface area contributed by atoms with Crippen LogP contribution in [0.2, 0.25) is 0 Å². The van der Waals surface area contributed by atoms with E-state index < -0.39 is 0 Å². The van der Waals surface area contributed by atoms with E-state index in [9.17, 15) is 4.79 Å². The van der Waals surface area contributed by atoms with Gasteiger partial charge in [0.2, 0.25) is 11.7 Å². The monoisotopic (exact) mass is 392 g/mol. The summed E-state index contributed by atoms with van der Waals surface area (Å²) in [6.07, 6.45) is 2.93. The fourth-order valence-electron chi connectivity index (χ4n) is 3.99. The minimum atomic E-state index is 0. The van der Waals surface area contributed by atoms with Gasteiger partial charge in [0.25, 0.3) is 5.91 Å². The number of hydrogen-bond donors (Lipinski definition) is 1. The molecule has 2 aromatic rings. The van der Waals surface area contributed by atoms with Crippen LogP contribution in [-0.2, 0) is 13.0 Å². The van der Waals surface area contributed by atoms with E-state index in [-0.39, 0.29) is 31.0 Å². The molecule has 1 amide bonds. The third-order valence-electron chi connectivity index (χ3n) is 5.48. The molecule has 3 atom stereocenters. The Balaban J connectivity index is 0.00000210. The van der Waals surface area contributed by atoms with E-state index in [4.69, 9.17) is 15.0 Å². The summed E-state index contributed by atoms with van der Waals surface area (Å²) in [6, 6.07) is 7.46. The van der Waals surface area contributed by atoms with E-state index in [1.54, 1.807) is 24.3 Å². The molecule has 1 saturated carbocycles. The Hall–Kier alpha value is -2.12. The van der Waals surface area contributed by atoms with Crippen molar-refractivity contribution in [2.45, 2.75) is 38.8 Å². The van der Waals surface area contributed by atoms with Gasteiger partial charge in [0.05, 0.1) is 0 Å². The number of carbonyl (C=O) groups is 1. The molecule has 0 bridgehead atoms. The van der Waals surface area contributed by atoms with Gasteiger partial charge in [0.15, 0.2) is 6.61 Å². The van der Waals surface area contributed by atoms with Gasteiger partial charge in [0.1, 0.15) is 5.75 Å². The molecular formula is C19H25ClN4O3. The van der Waals surface area contributed by atoms with Crippen molar-refractivity contribution in [3.63, 3.8) is 0 Å². The molecule has 1 aromatic heterocycles. The lowest BCUT2D eigenvalue weighted by Crippen LogP contribution is -2.33. The number of amides is 1. The summed E-state index contributed by atoms with van der Waals surface area (Å²) in [5.41, 5.74) is 6.84. The molecule has 8 heteroatoms. The van der Waals surface area contributed by atoms with Crippen LogP contribution in [0.25, 0.3) is 0 Å². The second-order valence-corrected chi connectivity index (χ2v) is 7.15. The zero-order valence-electron chi connectivity index (χ0n) is 15.3. The number of nitrogens with zero attached hydrogens (tertiary/aromatic N) is 3. The molecule has 2 fully saturated rings. The summed E-state index contributed by atoms with van der Waals surface area (Å²) >= 11 is 0. The molecule has 2 N–H and O–H groups in total. The first-order chi connectivity index (χ1) is 12.6. The van der Waals surface area contributed by atoms with Gasteiger partial charge in [-0.05, 0) is 48.9 Å². The van der Waals surface area contributed by atoms with Crippen molar-refractivity contribution in [2.24, 2.45) is 17.6 Å². The maximum Gasteiger partial charge on any atom is 0.253 e. The standard InChI is InChI=1S/C19H24N4O3.ClH/c1-2-18-21-17(22-26-18)11-25-14-6-3-12(4-7-14)19(24)23-9-13-5-8-16(20)15(13)10-23;/h3-4,6-7,13,15-16H,2,5,8-11,20H2,1H3;1H. The number of nitrogens with two attached hydrogens (primary N) is 1. The molecule has 1 saturated heterocycles. The first-order valence-electron chi connectivity index (χ1n) is 9.23. The normalized spacial score (nSPS) is 23.8. The van der Waals surface area contributed by atoms with Gasteiger partial charge < -0.3 is 19.9 Å². The Morgan fingerprint density at radius 2 is 2.07 bits per heavy atom. The van der Waals surface area contributed by atoms with E-state index in [0.717, 1.165) is 25.9 Å². The molecule has 2 aliphatic rings. The van der Waals surface area contributed by atoms with Crippen molar-refractivity contribution >= 4 is 18.3 Å².